The van der Waals surface area contributed by atoms with E-state index in [1.54, 1.807) is 24.3 Å². The molecule has 0 aliphatic heterocycles. The first-order valence-electron chi connectivity index (χ1n) is 5.35. The van der Waals surface area contributed by atoms with Gasteiger partial charge in [0.05, 0.1) is 0 Å². The molecule has 1 nitrogen and oxygen atoms in total. The second-order valence-electron chi connectivity index (χ2n) is 4.20. The van der Waals surface area contributed by atoms with Crippen LogP contribution in [0.1, 0.15) is 18.1 Å². The molecule has 94 valence electrons. The molecule has 1 unspecified atom stereocenters. The van der Waals surface area contributed by atoms with Crippen molar-refractivity contribution in [1.82, 2.24) is 0 Å². The maximum Gasteiger partial charge on any atom is 0.132 e. The van der Waals surface area contributed by atoms with Crippen LogP contribution < -0.4 is 0 Å². The van der Waals surface area contributed by atoms with Gasteiger partial charge in [0, 0.05) is 16.7 Å². The van der Waals surface area contributed by atoms with E-state index in [1.165, 1.54) is 13.0 Å². The van der Waals surface area contributed by atoms with Gasteiger partial charge in [0.1, 0.15) is 17.2 Å². The second-order valence-corrected chi connectivity index (χ2v) is 4.64. The Balaban J connectivity index is 2.50. The van der Waals surface area contributed by atoms with Gasteiger partial charge in [-0.1, -0.05) is 23.7 Å². The van der Waals surface area contributed by atoms with E-state index in [-0.39, 0.29) is 5.56 Å². The van der Waals surface area contributed by atoms with E-state index in [4.69, 9.17) is 11.6 Å². The van der Waals surface area contributed by atoms with E-state index in [9.17, 15) is 13.9 Å². The zero-order valence-corrected chi connectivity index (χ0v) is 10.4. The largest absolute Gasteiger partial charge is 0.381 e. The maximum absolute atomic E-state index is 13.7. The Morgan fingerprint density at radius 1 is 1.06 bits per heavy atom. The fourth-order valence-corrected chi connectivity index (χ4v) is 1.94. The van der Waals surface area contributed by atoms with Gasteiger partial charge in [-0.2, -0.15) is 0 Å². The molecule has 0 saturated carbocycles. The minimum absolute atomic E-state index is 0.0197. The third-order valence-corrected chi connectivity index (χ3v) is 3.11. The molecule has 0 aliphatic carbocycles. The van der Waals surface area contributed by atoms with E-state index in [0.717, 1.165) is 12.1 Å². The lowest BCUT2D eigenvalue weighted by atomic mass is 9.88. The highest BCUT2D eigenvalue weighted by Crippen LogP contribution is 2.31. The first kappa shape index (κ1) is 13.0. The number of aliphatic hydroxyl groups is 1. The average molecular weight is 269 g/mol. The van der Waals surface area contributed by atoms with Gasteiger partial charge in [0.15, 0.2) is 0 Å². The van der Waals surface area contributed by atoms with Crippen LogP contribution in [-0.4, -0.2) is 5.11 Å². The molecule has 0 aromatic heterocycles. The van der Waals surface area contributed by atoms with Crippen molar-refractivity contribution in [2.45, 2.75) is 12.5 Å². The highest BCUT2D eigenvalue weighted by molar-refractivity contribution is 6.30. The van der Waals surface area contributed by atoms with E-state index in [2.05, 4.69) is 0 Å². The molecule has 0 fully saturated rings. The van der Waals surface area contributed by atoms with Crippen LogP contribution in [0.15, 0.2) is 42.5 Å². The topological polar surface area (TPSA) is 20.2 Å². The minimum Gasteiger partial charge on any atom is -0.381 e. The standard InChI is InChI=1S/C14H11ClF2O/c1-14(18,9-2-4-10(15)5-3-9)12-7-6-11(16)8-13(12)17/h2-8,18H,1H3. The molecule has 2 aromatic carbocycles. The van der Waals surface area contributed by atoms with E-state index in [0.29, 0.717) is 10.6 Å². The average Bonchev–Trinajstić information content (AvgIpc) is 2.29. The quantitative estimate of drug-likeness (QED) is 0.876. The van der Waals surface area contributed by atoms with E-state index in [1.807, 2.05) is 0 Å². The number of hydrogen-bond acceptors (Lipinski definition) is 1. The van der Waals surface area contributed by atoms with Crippen molar-refractivity contribution in [2.75, 3.05) is 0 Å². The lowest BCUT2D eigenvalue weighted by Gasteiger charge is -2.25. The second kappa shape index (κ2) is 4.67. The lowest BCUT2D eigenvalue weighted by Crippen LogP contribution is -2.24. The summed E-state index contributed by atoms with van der Waals surface area (Å²) in [6.45, 7) is 1.45. The van der Waals surface area contributed by atoms with Crippen molar-refractivity contribution in [1.29, 1.82) is 0 Å². The van der Waals surface area contributed by atoms with Crippen LogP contribution in [0.4, 0.5) is 8.78 Å². The highest BCUT2D eigenvalue weighted by Gasteiger charge is 2.28. The van der Waals surface area contributed by atoms with Gasteiger partial charge in [-0.15, -0.1) is 0 Å². The van der Waals surface area contributed by atoms with Crippen LogP contribution >= 0.6 is 11.6 Å². The summed E-state index contributed by atoms with van der Waals surface area (Å²) in [5, 5.41) is 10.9. The predicted molar refractivity (Wildman–Crippen MR) is 66.5 cm³/mol. The zero-order chi connectivity index (χ0) is 13.3. The predicted octanol–water partition coefficient (Wildman–Crippen LogP) is 3.87. The number of rotatable bonds is 2. The third kappa shape index (κ3) is 2.37. The molecule has 0 bridgehead atoms. The summed E-state index contributed by atoms with van der Waals surface area (Å²) in [6.07, 6.45) is 0. The molecular formula is C14H11ClF2O. The maximum atomic E-state index is 13.7. The molecule has 0 spiro atoms. The Morgan fingerprint density at radius 3 is 2.22 bits per heavy atom. The van der Waals surface area contributed by atoms with Gasteiger partial charge in [-0.05, 0) is 36.8 Å². The van der Waals surface area contributed by atoms with Crippen LogP contribution in [0.25, 0.3) is 0 Å². The van der Waals surface area contributed by atoms with Gasteiger partial charge in [-0.3, -0.25) is 0 Å². The van der Waals surface area contributed by atoms with Crippen LogP contribution in [0, 0.1) is 11.6 Å². The Morgan fingerprint density at radius 2 is 1.67 bits per heavy atom. The molecule has 4 heteroatoms. The molecule has 0 amide bonds. The van der Waals surface area contributed by atoms with Crippen LogP contribution in [-0.2, 0) is 5.60 Å². The normalized spacial score (nSPS) is 14.3. The van der Waals surface area contributed by atoms with Crippen molar-refractivity contribution >= 4 is 11.6 Å². The first-order valence-corrected chi connectivity index (χ1v) is 5.73. The summed E-state index contributed by atoms with van der Waals surface area (Å²) in [5.41, 5.74) is -1.04. The summed E-state index contributed by atoms with van der Waals surface area (Å²) in [4.78, 5) is 0. The van der Waals surface area contributed by atoms with Crippen LogP contribution in [0.5, 0.6) is 0 Å². The molecule has 0 saturated heterocycles. The first-order chi connectivity index (χ1) is 8.41. The summed E-state index contributed by atoms with van der Waals surface area (Å²) in [7, 11) is 0. The summed E-state index contributed by atoms with van der Waals surface area (Å²) >= 11 is 5.75. The van der Waals surface area contributed by atoms with Gasteiger partial charge < -0.3 is 5.11 Å². The molecule has 0 radical (unpaired) electrons. The molecule has 18 heavy (non-hydrogen) atoms. The van der Waals surface area contributed by atoms with Crippen LogP contribution in [0.2, 0.25) is 5.02 Å². The molecule has 0 heterocycles. The number of hydrogen-bond donors (Lipinski definition) is 1. The molecule has 0 aliphatic rings. The smallest absolute Gasteiger partial charge is 0.132 e. The third-order valence-electron chi connectivity index (χ3n) is 2.86. The molecular weight excluding hydrogens is 258 g/mol. The molecule has 2 aromatic rings. The zero-order valence-electron chi connectivity index (χ0n) is 9.62. The van der Waals surface area contributed by atoms with Gasteiger partial charge >= 0.3 is 0 Å². The molecule has 2 rings (SSSR count). The van der Waals surface area contributed by atoms with Gasteiger partial charge in [0.25, 0.3) is 0 Å². The molecule has 1 N–H and O–H groups in total. The summed E-state index contributed by atoms with van der Waals surface area (Å²) < 4.78 is 26.5. The van der Waals surface area contributed by atoms with Crippen LogP contribution in [0.3, 0.4) is 0 Å². The Hall–Kier alpha value is -1.45. The number of benzene rings is 2. The van der Waals surface area contributed by atoms with Crippen molar-refractivity contribution in [3.8, 4) is 0 Å². The van der Waals surface area contributed by atoms with Gasteiger partial charge in [0.2, 0.25) is 0 Å². The fraction of sp³-hybridized carbons (Fsp3) is 0.143. The van der Waals surface area contributed by atoms with E-state index < -0.39 is 17.2 Å². The summed E-state index contributed by atoms with van der Waals surface area (Å²) in [6, 6.07) is 9.51. The Labute approximate surface area is 109 Å². The fourth-order valence-electron chi connectivity index (χ4n) is 1.81. The molecule has 1 atom stereocenters. The minimum atomic E-state index is -1.54. The highest BCUT2D eigenvalue weighted by atomic mass is 35.5. The van der Waals surface area contributed by atoms with Crippen molar-refractivity contribution in [3.63, 3.8) is 0 Å². The van der Waals surface area contributed by atoms with E-state index >= 15 is 0 Å². The SMILES string of the molecule is CC(O)(c1ccc(Cl)cc1)c1ccc(F)cc1F. The van der Waals surface area contributed by atoms with Crippen molar-refractivity contribution in [3.05, 3.63) is 70.2 Å². The van der Waals surface area contributed by atoms with Gasteiger partial charge in [-0.25, -0.2) is 8.78 Å². The Kier molecular flexibility index (Phi) is 3.37. The monoisotopic (exact) mass is 268 g/mol. The number of halogens is 3. The Bertz CT molecular complexity index is 565. The summed E-state index contributed by atoms with van der Waals surface area (Å²) in [5.74, 6) is -1.46. The van der Waals surface area contributed by atoms with Crippen molar-refractivity contribution in [2.24, 2.45) is 0 Å². The van der Waals surface area contributed by atoms with Crippen molar-refractivity contribution < 1.29 is 13.9 Å². The lowest BCUT2D eigenvalue weighted by molar-refractivity contribution is 0.0978.